The maximum absolute atomic E-state index is 5.90. The molecule has 2 aromatic heterocycles. The van der Waals surface area contributed by atoms with Crippen molar-refractivity contribution in [1.29, 1.82) is 0 Å². The van der Waals surface area contributed by atoms with E-state index in [0.717, 1.165) is 43.1 Å². The normalized spacial score (nSPS) is 21.3. The Morgan fingerprint density at radius 3 is 2.70 bits per heavy atom. The first-order valence-corrected chi connectivity index (χ1v) is 10.1. The van der Waals surface area contributed by atoms with Crippen molar-refractivity contribution in [1.82, 2.24) is 14.5 Å². The van der Waals surface area contributed by atoms with Crippen molar-refractivity contribution in [3.8, 4) is 0 Å². The number of para-hydroxylation sites is 1. The Balaban J connectivity index is 1.91. The first-order valence-electron chi connectivity index (χ1n) is 10.1. The quantitative estimate of drug-likeness (QED) is 0.645. The maximum atomic E-state index is 5.90. The Bertz CT molecular complexity index is 1050. The van der Waals surface area contributed by atoms with Gasteiger partial charge in [-0.15, -0.1) is 0 Å². The molecule has 140 valence electrons. The van der Waals surface area contributed by atoms with Crippen molar-refractivity contribution in [3.05, 3.63) is 59.4 Å². The summed E-state index contributed by atoms with van der Waals surface area (Å²) in [6.07, 6.45) is 7.50. The number of hydrogen-bond acceptors (Lipinski definition) is 3. The van der Waals surface area contributed by atoms with Gasteiger partial charge in [0.15, 0.2) is 0 Å². The van der Waals surface area contributed by atoms with Crippen LogP contribution in [0.5, 0.6) is 0 Å². The molecule has 0 spiro atoms. The molecule has 2 aliphatic heterocycles. The van der Waals surface area contributed by atoms with Gasteiger partial charge in [-0.05, 0) is 50.9 Å². The third-order valence-electron chi connectivity index (χ3n) is 6.80. The molecule has 4 heterocycles. The molecule has 0 N–H and O–H groups in total. The Morgan fingerprint density at radius 2 is 2.00 bits per heavy atom. The number of oxazole rings is 1. The second kappa shape index (κ2) is 5.83. The minimum Gasteiger partial charge on any atom is -0.443 e. The molecule has 1 atom stereocenters. The number of nitrogens with zero attached hydrogens (tertiary/aromatic N) is 3. The highest BCUT2D eigenvalue weighted by Crippen LogP contribution is 2.54. The average molecular weight is 361 g/mol. The first kappa shape index (κ1) is 16.8. The van der Waals surface area contributed by atoms with Gasteiger partial charge in [0.2, 0.25) is 5.89 Å². The lowest BCUT2D eigenvalue weighted by molar-refractivity contribution is 0.0939. The molecule has 4 heteroatoms. The first-order chi connectivity index (χ1) is 13.1. The molecule has 0 fully saturated rings. The molecule has 5 rings (SSSR count). The van der Waals surface area contributed by atoms with E-state index in [1.165, 1.54) is 22.2 Å². The van der Waals surface area contributed by atoms with Crippen LogP contribution in [0, 0.1) is 12.3 Å². The zero-order chi connectivity index (χ0) is 18.8. The van der Waals surface area contributed by atoms with Gasteiger partial charge in [-0.25, -0.2) is 4.98 Å². The van der Waals surface area contributed by atoms with Gasteiger partial charge in [-0.3, -0.25) is 4.90 Å². The largest absolute Gasteiger partial charge is 0.443 e. The molecule has 2 aliphatic rings. The van der Waals surface area contributed by atoms with E-state index in [2.05, 4.69) is 60.7 Å². The van der Waals surface area contributed by atoms with E-state index in [1.807, 2.05) is 6.92 Å². The zero-order valence-corrected chi connectivity index (χ0v) is 16.6. The van der Waals surface area contributed by atoms with Crippen LogP contribution in [0.3, 0.4) is 0 Å². The lowest BCUT2D eigenvalue weighted by Crippen LogP contribution is -2.45. The molecule has 0 unspecified atom stereocenters. The van der Waals surface area contributed by atoms with Crippen LogP contribution in [0.1, 0.15) is 55.6 Å². The van der Waals surface area contributed by atoms with Gasteiger partial charge in [0.05, 0.1) is 17.3 Å². The van der Waals surface area contributed by atoms with Gasteiger partial charge in [-0.2, -0.15) is 0 Å². The molecular weight excluding hydrogens is 334 g/mol. The lowest BCUT2D eigenvalue weighted by Gasteiger charge is -2.48. The number of fused-ring (bicyclic) bond motifs is 3. The van der Waals surface area contributed by atoms with E-state index in [-0.39, 0.29) is 5.41 Å². The van der Waals surface area contributed by atoms with Crippen molar-refractivity contribution in [2.75, 3.05) is 13.6 Å². The van der Waals surface area contributed by atoms with E-state index >= 15 is 0 Å². The van der Waals surface area contributed by atoms with Gasteiger partial charge in [0.25, 0.3) is 0 Å². The Kier molecular flexibility index (Phi) is 3.63. The molecule has 0 saturated heterocycles. The Hall–Kier alpha value is -2.33. The van der Waals surface area contributed by atoms with E-state index in [9.17, 15) is 0 Å². The smallest absolute Gasteiger partial charge is 0.243 e. The van der Waals surface area contributed by atoms with Gasteiger partial charge < -0.3 is 8.98 Å². The van der Waals surface area contributed by atoms with Crippen molar-refractivity contribution in [2.45, 2.75) is 46.1 Å². The summed E-state index contributed by atoms with van der Waals surface area (Å²) >= 11 is 0. The lowest BCUT2D eigenvalue weighted by atomic mass is 9.69. The fourth-order valence-corrected chi connectivity index (χ4v) is 5.36. The predicted molar refractivity (Wildman–Crippen MR) is 109 cm³/mol. The highest BCUT2D eigenvalue weighted by atomic mass is 16.3. The molecular formula is C23H27N3O. The van der Waals surface area contributed by atoms with Crippen LogP contribution in [0.15, 0.2) is 41.0 Å². The molecule has 0 saturated carbocycles. The van der Waals surface area contributed by atoms with Gasteiger partial charge in [-0.1, -0.05) is 32.0 Å². The molecule has 0 bridgehead atoms. The number of likely N-dealkylation sites (N-methyl/N-ethyl adjacent to an activating group) is 1. The van der Waals surface area contributed by atoms with Crippen LogP contribution in [-0.2, 0) is 6.42 Å². The Labute approximate surface area is 160 Å². The monoisotopic (exact) mass is 361 g/mol. The summed E-state index contributed by atoms with van der Waals surface area (Å²) < 4.78 is 8.33. The average Bonchev–Trinajstić information content (AvgIpc) is 3.27. The van der Waals surface area contributed by atoms with Gasteiger partial charge >= 0.3 is 0 Å². The van der Waals surface area contributed by atoms with Crippen molar-refractivity contribution < 1.29 is 4.42 Å². The van der Waals surface area contributed by atoms with Crippen molar-refractivity contribution >= 4 is 16.6 Å². The summed E-state index contributed by atoms with van der Waals surface area (Å²) in [5.41, 5.74) is 6.35. The second-order valence-corrected chi connectivity index (χ2v) is 8.11. The second-order valence-electron chi connectivity index (χ2n) is 8.11. The molecule has 1 aromatic carbocycles. The molecule has 0 aliphatic carbocycles. The molecule has 0 amide bonds. The fraction of sp³-hybridized carbons (Fsp3) is 0.435. The number of aryl methyl sites for hydroxylation is 1. The van der Waals surface area contributed by atoms with Crippen LogP contribution < -0.4 is 0 Å². The summed E-state index contributed by atoms with van der Waals surface area (Å²) in [5, 5.41) is 1.38. The fourth-order valence-electron chi connectivity index (χ4n) is 5.36. The van der Waals surface area contributed by atoms with Gasteiger partial charge in [0.1, 0.15) is 12.0 Å². The topological polar surface area (TPSA) is 34.2 Å². The summed E-state index contributed by atoms with van der Waals surface area (Å²) in [7, 11) is 2.28. The van der Waals surface area contributed by atoms with E-state index < -0.39 is 0 Å². The van der Waals surface area contributed by atoms with E-state index in [1.54, 1.807) is 6.26 Å². The van der Waals surface area contributed by atoms with Crippen LogP contribution in [0.25, 0.3) is 16.6 Å². The van der Waals surface area contributed by atoms with Crippen LogP contribution >= 0.6 is 0 Å². The minimum absolute atomic E-state index is 0.0893. The highest BCUT2D eigenvalue weighted by molar-refractivity contribution is 5.91. The van der Waals surface area contributed by atoms with Crippen molar-refractivity contribution in [3.63, 3.8) is 0 Å². The Morgan fingerprint density at radius 1 is 1.22 bits per heavy atom. The number of rotatable bonds is 3. The van der Waals surface area contributed by atoms with Crippen LogP contribution in [0.4, 0.5) is 0 Å². The zero-order valence-electron chi connectivity index (χ0n) is 16.6. The predicted octanol–water partition coefficient (Wildman–Crippen LogP) is 5.18. The maximum Gasteiger partial charge on any atom is 0.243 e. The molecule has 27 heavy (non-hydrogen) atoms. The third-order valence-corrected chi connectivity index (χ3v) is 6.80. The molecule has 0 radical (unpaired) electrons. The summed E-state index contributed by atoms with van der Waals surface area (Å²) in [4.78, 5) is 7.26. The molecule has 3 aromatic rings. The number of benzene rings is 1. The standard InChI is InChI=1S/C23H27N3O/c1-5-23(6-2)13-19(22-24-15(3)14-27-22)26-18-10-8-7-9-16(18)17-11-12-25(4)21(23)20(17)26/h7-10,13-14,21H,5-6,11-12H2,1-4H3/t21-/m1/s1. The molecule has 4 nitrogen and oxygen atoms in total. The van der Waals surface area contributed by atoms with Crippen LogP contribution in [-0.4, -0.2) is 28.0 Å². The highest BCUT2D eigenvalue weighted by Gasteiger charge is 2.47. The number of hydrogen-bond donors (Lipinski definition) is 0. The summed E-state index contributed by atoms with van der Waals surface area (Å²) in [5.74, 6) is 0.731. The van der Waals surface area contributed by atoms with E-state index in [4.69, 9.17) is 9.40 Å². The van der Waals surface area contributed by atoms with Crippen LogP contribution in [0.2, 0.25) is 0 Å². The minimum atomic E-state index is 0.0893. The third kappa shape index (κ3) is 2.16. The summed E-state index contributed by atoms with van der Waals surface area (Å²) in [6.45, 7) is 7.73. The summed E-state index contributed by atoms with van der Waals surface area (Å²) in [6, 6.07) is 9.19. The van der Waals surface area contributed by atoms with E-state index in [0.29, 0.717) is 6.04 Å². The number of aromatic nitrogens is 2. The van der Waals surface area contributed by atoms with Crippen molar-refractivity contribution in [2.24, 2.45) is 5.41 Å². The van der Waals surface area contributed by atoms with Gasteiger partial charge in [0, 0.05) is 23.0 Å². The SMILES string of the molecule is CCC1(CC)C=C(c2nc(C)co2)n2c3c(c4ccccc42)CCN(C)[C@H]31.